The van der Waals surface area contributed by atoms with E-state index in [1.165, 1.54) is 0 Å². The van der Waals surface area contributed by atoms with Gasteiger partial charge in [-0.2, -0.15) is 0 Å². The molecule has 0 aromatic heterocycles. The number of ether oxygens (including phenoxy) is 3. The molecule has 0 unspecified atom stereocenters. The van der Waals surface area contributed by atoms with Gasteiger partial charge >= 0.3 is 5.97 Å². The summed E-state index contributed by atoms with van der Waals surface area (Å²) in [6, 6.07) is 7.06. The molecule has 3 rings (SSSR count). The molecule has 7 heteroatoms. The molecule has 1 aliphatic carbocycles. The van der Waals surface area contributed by atoms with Gasteiger partial charge in [0.05, 0.1) is 18.3 Å². The van der Waals surface area contributed by atoms with Crippen LogP contribution in [0, 0.1) is 17.8 Å². The minimum Gasteiger partial charge on any atom is -0.491 e. The van der Waals surface area contributed by atoms with E-state index in [1.807, 2.05) is 19.9 Å². The number of fused-ring (bicyclic) bond motifs is 1. The highest BCUT2D eigenvalue weighted by Gasteiger charge is 2.43. The van der Waals surface area contributed by atoms with E-state index < -0.39 is 12.2 Å². The first kappa shape index (κ1) is 26.0. The third kappa shape index (κ3) is 8.29. The molecule has 0 amide bonds. The van der Waals surface area contributed by atoms with Gasteiger partial charge in [0.15, 0.2) is 0 Å². The highest BCUT2D eigenvalue weighted by molar-refractivity contribution is 6.30. The van der Waals surface area contributed by atoms with Crippen molar-refractivity contribution < 1.29 is 29.2 Å². The van der Waals surface area contributed by atoms with Crippen LogP contribution in [0.2, 0.25) is 5.02 Å². The molecule has 6 atom stereocenters. The van der Waals surface area contributed by atoms with Crippen LogP contribution >= 0.6 is 11.6 Å². The topological polar surface area (TPSA) is 85.2 Å². The van der Waals surface area contributed by atoms with Gasteiger partial charge in [0.2, 0.25) is 0 Å². The fraction of sp³-hybridized carbons (Fsp3) is 0.654. The number of halogens is 1. The first-order valence-corrected chi connectivity index (χ1v) is 12.4. The Morgan fingerprint density at radius 3 is 2.91 bits per heavy atom. The first-order chi connectivity index (χ1) is 15.8. The van der Waals surface area contributed by atoms with Gasteiger partial charge in [-0.1, -0.05) is 29.8 Å². The van der Waals surface area contributed by atoms with Gasteiger partial charge in [0, 0.05) is 30.4 Å². The normalized spacial score (nSPS) is 28.5. The summed E-state index contributed by atoms with van der Waals surface area (Å²) in [5.74, 6) is 1.07. The van der Waals surface area contributed by atoms with Crippen LogP contribution in [0.25, 0.3) is 0 Å². The van der Waals surface area contributed by atoms with Gasteiger partial charge in [-0.3, -0.25) is 4.79 Å². The first-order valence-electron chi connectivity index (χ1n) is 12.1. The van der Waals surface area contributed by atoms with Crippen molar-refractivity contribution >= 4 is 17.6 Å². The van der Waals surface area contributed by atoms with Gasteiger partial charge in [0.1, 0.15) is 18.5 Å². The summed E-state index contributed by atoms with van der Waals surface area (Å²) in [7, 11) is 0. The SMILES string of the molecule is CC(C)OC(=O)CCC[C@@H]1CC[C@@H]2[C@@H](C=C[C@H](O)COc3cccc(Cl)c3)[C@H](O)C[C@@H]2OC1. The molecule has 0 bridgehead atoms. The van der Waals surface area contributed by atoms with Crippen molar-refractivity contribution in [3.8, 4) is 5.75 Å². The lowest BCUT2D eigenvalue weighted by Crippen LogP contribution is -2.22. The summed E-state index contributed by atoms with van der Waals surface area (Å²) in [6.45, 7) is 4.51. The zero-order valence-corrected chi connectivity index (χ0v) is 20.3. The Bertz CT molecular complexity index is 782. The number of esters is 1. The summed E-state index contributed by atoms with van der Waals surface area (Å²) >= 11 is 5.96. The number of aliphatic hydroxyl groups excluding tert-OH is 2. The number of aliphatic hydroxyl groups is 2. The molecule has 33 heavy (non-hydrogen) atoms. The van der Waals surface area contributed by atoms with Crippen molar-refractivity contribution in [1.29, 1.82) is 0 Å². The zero-order valence-electron chi connectivity index (χ0n) is 19.6. The minimum atomic E-state index is -0.778. The smallest absolute Gasteiger partial charge is 0.306 e. The third-order valence-electron chi connectivity index (χ3n) is 6.48. The Morgan fingerprint density at radius 1 is 1.33 bits per heavy atom. The molecule has 6 nitrogen and oxygen atoms in total. The molecule has 0 spiro atoms. The fourth-order valence-corrected chi connectivity index (χ4v) is 5.03. The number of benzene rings is 1. The Balaban J connectivity index is 1.45. The lowest BCUT2D eigenvalue weighted by Gasteiger charge is -2.21. The van der Waals surface area contributed by atoms with Crippen LogP contribution in [0.5, 0.6) is 5.75 Å². The molecule has 2 N–H and O–H groups in total. The molecule has 2 aliphatic rings. The molecule has 1 aliphatic heterocycles. The van der Waals surface area contributed by atoms with E-state index >= 15 is 0 Å². The highest BCUT2D eigenvalue weighted by atomic mass is 35.5. The van der Waals surface area contributed by atoms with Crippen LogP contribution in [0.15, 0.2) is 36.4 Å². The van der Waals surface area contributed by atoms with Crippen LogP contribution in [0.4, 0.5) is 0 Å². The fourth-order valence-electron chi connectivity index (χ4n) is 4.85. The summed E-state index contributed by atoms with van der Waals surface area (Å²) in [6.07, 6.45) is 7.13. The molecule has 1 aromatic rings. The molecular formula is C26H37ClO6. The second-order valence-corrected chi connectivity index (χ2v) is 9.95. The quantitative estimate of drug-likeness (QED) is 0.377. The monoisotopic (exact) mass is 480 g/mol. The van der Waals surface area contributed by atoms with Crippen LogP contribution in [0.1, 0.15) is 52.4 Å². The van der Waals surface area contributed by atoms with Gasteiger partial charge in [-0.25, -0.2) is 0 Å². The number of carbonyl (C=O) groups is 1. The zero-order chi connectivity index (χ0) is 23.8. The predicted molar refractivity (Wildman–Crippen MR) is 127 cm³/mol. The van der Waals surface area contributed by atoms with E-state index in [1.54, 1.807) is 30.3 Å². The summed E-state index contributed by atoms with van der Waals surface area (Å²) in [4.78, 5) is 11.7. The number of carbonyl (C=O) groups excluding carboxylic acids is 1. The Kier molecular flexibility index (Phi) is 10.0. The molecule has 184 valence electrons. The molecule has 1 saturated carbocycles. The van der Waals surface area contributed by atoms with Crippen molar-refractivity contribution in [2.45, 2.75) is 76.8 Å². The molecule has 2 fully saturated rings. The van der Waals surface area contributed by atoms with Gasteiger partial charge in [-0.15, -0.1) is 0 Å². The Labute approximate surface area is 201 Å². The average Bonchev–Trinajstić information content (AvgIpc) is 2.92. The summed E-state index contributed by atoms with van der Waals surface area (Å²) in [5.41, 5.74) is 0. The molecule has 1 saturated heterocycles. The Hall–Kier alpha value is -1.60. The lowest BCUT2D eigenvalue weighted by molar-refractivity contribution is -0.147. The molecule has 0 radical (unpaired) electrons. The number of hydrogen-bond acceptors (Lipinski definition) is 6. The maximum absolute atomic E-state index is 11.7. The predicted octanol–water partition coefficient (Wildman–Crippen LogP) is 4.55. The largest absolute Gasteiger partial charge is 0.491 e. The maximum Gasteiger partial charge on any atom is 0.306 e. The average molecular weight is 481 g/mol. The van der Waals surface area contributed by atoms with Crippen LogP contribution in [0.3, 0.4) is 0 Å². The third-order valence-corrected chi connectivity index (χ3v) is 6.71. The minimum absolute atomic E-state index is 0.0328. The summed E-state index contributed by atoms with van der Waals surface area (Å²) in [5, 5.41) is 21.5. The Morgan fingerprint density at radius 2 is 2.15 bits per heavy atom. The van der Waals surface area contributed by atoms with E-state index in [4.69, 9.17) is 25.8 Å². The van der Waals surface area contributed by atoms with E-state index in [2.05, 4.69) is 0 Å². The van der Waals surface area contributed by atoms with Gasteiger partial charge in [0.25, 0.3) is 0 Å². The van der Waals surface area contributed by atoms with Crippen molar-refractivity contribution in [2.75, 3.05) is 13.2 Å². The lowest BCUT2D eigenvalue weighted by atomic mass is 9.86. The van der Waals surface area contributed by atoms with E-state index in [9.17, 15) is 15.0 Å². The standard InChI is InChI=1S/C26H37ClO6/c1-17(2)33-26(30)8-3-5-18-9-11-23-22(24(29)14-25(23)32-15-18)12-10-20(28)16-31-21-7-4-6-19(27)13-21/h4,6-7,10,12-13,17-18,20,22-25,28-29H,3,5,8-9,11,14-16H2,1-2H3/t18-,20+,22-,23-,24-,25+/m1/s1. The van der Waals surface area contributed by atoms with Crippen LogP contribution in [-0.2, 0) is 14.3 Å². The number of rotatable bonds is 10. The van der Waals surface area contributed by atoms with Crippen LogP contribution < -0.4 is 4.74 Å². The van der Waals surface area contributed by atoms with Crippen molar-refractivity contribution in [3.05, 3.63) is 41.4 Å². The van der Waals surface area contributed by atoms with Crippen molar-refractivity contribution in [3.63, 3.8) is 0 Å². The second kappa shape index (κ2) is 12.7. The van der Waals surface area contributed by atoms with E-state index in [0.29, 0.717) is 36.1 Å². The number of hydrogen-bond donors (Lipinski definition) is 2. The van der Waals surface area contributed by atoms with Gasteiger partial charge in [-0.05, 0) is 69.6 Å². The van der Waals surface area contributed by atoms with Crippen molar-refractivity contribution in [1.82, 2.24) is 0 Å². The molecular weight excluding hydrogens is 444 g/mol. The van der Waals surface area contributed by atoms with Gasteiger partial charge < -0.3 is 24.4 Å². The van der Waals surface area contributed by atoms with Crippen molar-refractivity contribution in [2.24, 2.45) is 17.8 Å². The maximum atomic E-state index is 11.7. The van der Waals surface area contributed by atoms with E-state index in [-0.39, 0.29) is 36.6 Å². The summed E-state index contributed by atoms with van der Waals surface area (Å²) < 4.78 is 17.0. The van der Waals surface area contributed by atoms with Crippen LogP contribution in [-0.4, -0.2) is 53.8 Å². The highest BCUT2D eigenvalue weighted by Crippen LogP contribution is 2.42. The molecule has 1 aromatic carbocycles. The van der Waals surface area contributed by atoms with E-state index in [0.717, 1.165) is 25.7 Å². The second-order valence-electron chi connectivity index (χ2n) is 9.51. The molecule has 1 heterocycles.